The number of sulfone groups is 1. The van der Waals surface area contributed by atoms with Crippen LogP contribution >= 0.6 is 0 Å². The van der Waals surface area contributed by atoms with Gasteiger partial charge >= 0.3 is 5.97 Å². The van der Waals surface area contributed by atoms with Crippen molar-refractivity contribution in [1.82, 2.24) is 19.9 Å². The SMILES string of the molecule is [2H]OC(=O)[C@@H]1N2C(=O)C(C)(C)[C@H]2S(=O)(=O)[C@@]1(CC)Cn1ccnn1.[HH].[HH].[HH].[HH].[HH].[HH].[HH].[HH].[HH].[HH].[HH].[HH].[HH].[HH].[HH].[HH].[HH].[HH].[HH].[HH].[HH].[HH].[HH].[HH].[HH].[HH]. The fourth-order valence-corrected chi connectivity index (χ4v) is 6.92. The Morgan fingerprint density at radius 2 is 2.26 bits per heavy atom. The van der Waals surface area contributed by atoms with E-state index in [0.717, 1.165) is 4.90 Å². The third kappa shape index (κ3) is 1.69. The van der Waals surface area contributed by atoms with Crippen LogP contribution in [0.2, 0.25) is 0 Å². The van der Waals surface area contributed by atoms with Crippen molar-refractivity contribution >= 4 is 21.7 Å². The summed E-state index contributed by atoms with van der Waals surface area (Å²) in [5, 5.41) is 10.4. The standard InChI is InChI=1S/C13H18N4O5S.26H2/c1-4-13(7-16-6-5-14-15-16)8(9(18)19)17-10(20)12(2,3)11(17)23(13,21)22;;;;;;;;;;;;;;;;;;;;;;;;;;/h5-6,8,11H,4,7H2,1-3H3,(H,18,19);26*1H/t8-,11+,13-;;;;;;;;;;;;;;;;;;;;;;;;;;/m0........................../s1/i/hD. The first-order valence-corrected chi connectivity index (χ1v) is 8.77. The number of fused-ring (bicyclic) bond motifs is 1. The van der Waals surface area contributed by atoms with Crippen molar-refractivity contribution in [2.75, 3.05) is 0 Å². The molecule has 1 aromatic rings. The van der Waals surface area contributed by atoms with Gasteiger partial charge in [-0.2, -0.15) is 0 Å². The summed E-state index contributed by atoms with van der Waals surface area (Å²) >= 11 is 0. The first-order valence-electron chi connectivity index (χ1n) is 7.63. The number of aromatic nitrogens is 3. The highest BCUT2D eigenvalue weighted by Gasteiger charge is 2.77. The number of nitrogens with zero attached hydrogens (tertiary/aromatic N) is 4. The molecule has 2 fully saturated rings. The number of rotatable bonds is 4. The van der Waals surface area contributed by atoms with Crippen LogP contribution in [-0.2, 0) is 26.0 Å². The molecule has 0 saturated carbocycles. The highest BCUT2D eigenvalue weighted by molar-refractivity contribution is 7.94. The molecule has 178 valence electrons. The average molecular weight is 396 g/mol. The number of aliphatic carboxylic acids is 1. The lowest BCUT2D eigenvalue weighted by Gasteiger charge is -2.48. The van der Waals surface area contributed by atoms with E-state index in [0.29, 0.717) is 0 Å². The zero-order chi connectivity index (χ0) is 17.9. The molecule has 2 aliphatic rings. The van der Waals surface area contributed by atoms with Crippen LogP contribution in [0, 0.1) is 5.41 Å². The van der Waals surface area contributed by atoms with Crippen molar-refractivity contribution in [1.29, 1.82) is 1.43 Å². The van der Waals surface area contributed by atoms with Gasteiger partial charge in [-0.3, -0.25) is 9.48 Å². The van der Waals surface area contributed by atoms with Gasteiger partial charge in [0, 0.05) is 43.3 Å². The molecule has 2 aliphatic heterocycles. The number of carboxylic acids is 1. The summed E-state index contributed by atoms with van der Waals surface area (Å²) in [5.74, 6) is -1.51. The number of amides is 1. The number of carbonyl (C=O) groups excluding carboxylic acids is 1. The van der Waals surface area contributed by atoms with Crippen LogP contribution in [0.15, 0.2) is 12.4 Å². The number of hydrogen-bond donors (Lipinski definition) is 1. The molecule has 23 heavy (non-hydrogen) atoms. The molecule has 1 amide bonds. The van der Waals surface area contributed by atoms with Crippen LogP contribution in [0.25, 0.3) is 1.43 Å². The summed E-state index contributed by atoms with van der Waals surface area (Å²) in [5.41, 5.74) is -1.13. The molecule has 0 unspecified atom stereocenters. The summed E-state index contributed by atoms with van der Waals surface area (Å²) in [6, 6.07) is -1.38. The van der Waals surface area contributed by atoms with E-state index in [9.17, 15) is 18.0 Å². The average Bonchev–Trinajstić information content (AvgIpc) is 3.09. The smallest absolute Gasteiger partial charge is 0.328 e. The first kappa shape index (κ1) is 14.6. The number of carbonyl (C=O) groups is 2. The second kappa shape index (κ2) is 4.53. The lowest BCUT2D eigenvalue weighted by molar-refractivity contribution is -0.171. The van der Waals surface area contributed by atoms with Gasteiger partial charge < -0.3 is 10.0 Å². The maximum Gasteiger partial charge on any atom is 0.328 e. The Balaban J connectivity index is -0.0000000118. The van der Waals surface area contributed by atoms with Gasteiger partial charge in [-0.25, -0.2) is 13.2 Å². The van der Waals surface area contributed by atoms with E-state index in [-0.39, 0.29) is 50.1 Å². The molecule has 0 bridgehead atoms. The molecule has 9 nitrogen and oxygen atoms in total. The predicted molar refractivity (Wildman–Crippen MR) is 133 cm³/mol. The lowest BCUT2D eigenvalue weighted by atomic mass is 9.79. The summed E-state index contributed by atoms with van der Waals surface area (Å²) in [6.07, 6.45) is 2.94. The summed E-state index contributed by atoms with van der Waals surface area (Å²) < 4.78 is 33.2. The van der Waals surface area contributed by atoms with E-state index >= 15 is 0 Å². The zero-order valence-corrected chi connectivity index (χ0v) is 13.8. The Hall–Kier alpha value is -1.97. The molecule has 1 N–H and O–H groups in total. The maximum atomic E-state index is 13.3. The third-order valence-electron chi connectivity index (χ3n) is 5.02. The molecule has 10 heteroatoms. The molecule has 1 aromatic heterocycles. The molecule has 3 atom stereocenters. The van der Waals surface area contributed by atoms with Crippen molar-refractivity contribution in [3.8, 4) is 0 Å². The van der Waals surface area contributed by atoms with Gasteiger partial charge in [0.05, 0.1) is 18.2 Å². The summed E-state index contributed by atoms with van der Waals surface area (Å²) in [7, 11) is -3.93. The molecule has 0 radical (unpaired) electrons. The van der Waals surface area contributed by atoms with Crippen LogP contribution in [0.1, 0.15) is 64.3 Å². The van der Waals surface area contributed by atoms with E-state index < -0.39 is 43.3 Å². The number of β-lactam (4-membered cyclic amide) rings is 1. The molecule has 3 rings (SSSR count). The van der Waals surface area contributed by atoms with Crippen LogP contribution in [0.3, 0.4) is 0 Å². The van der Waals surface area contributed by atoms with Gasteiger partial charge in [0.1, 0.15) is 10.1 Å². The summed E-state index contributed by atoms with van der Waals surface area (Å²) in [4.78, 5) is 25.7. The Morgan fingerprint density at radius 3 is 2.78 bits per heavy atom. The molecule has 0 aliphatic carbocycles. The minimum atomic E-state index is -3.93. The topological polar surface area (TPSA) is 122 Å². The molecular formula is C13H70N4O5S. The van der Waals surface area contributed by atoms with Crippen LogP contribution in [0.5, 0.6) is 0 Å². The van der Waals surface area contributed by atoms with E-state index in [1.807, 2.05) is 0 Å². The normalized spacial score (nSPS) is 34.5. The largest absolute Gasteiger partial charge is 0.480 e. The quantitative estimate of drug-likeness (QED) is 0.629. The van der Waals surface area contributed by atoms with Gasteiger partial charge in [-0.15, -0.1) is 5.10 Å². The van der Waals surface area contributed by atoms with Crippen LogP contribution in [0.4, 0.5) is 0 Å². The minimum Gasteiger partial charge on any atom is -0.480 e. The highest BCUT2D eigenvalue weighted by atomic mass is 32.2. The maximum absolute atomic E-state index is 13.3. The van der Waals surface area contributed by atoms with E-state index in [4.69, 9.17) is 1.43 Å². The Bertz CT molecular complexity index is 837. The minimum absolute atomic E-state index is 0. The van der Waals surface area contributed by atoms with Crippen LogP contribution in [-0.4, -0.2) is 61.5 Å². The van der Waals surface area contributed by atoms with E-state index in [1.165, 1.54) is 17.1 Å². The predicted octanol–water partition coefficient (Wildman–Crippen LogP) is 5.90. The van der Waals surface area contributed by atoms with Gasteiger partial charge in [-0.1, -0.05) is 12.1 Å². The van der Waals surface area contributed by atoms with Crippen molar-refractivity contribution in [2.45, 2.75) is 49.9 Å². The molecule has 0 spiro atoms. The van der Waals surface area contributed by atoms with Gasteiger partial charge in [0.15, 0.2) is 15.9 Å². The van der Waals surface area contributed by atoms with Crippen LogP contribution < -0.4 is 0 Å². The Labute approximate surface area is 173 Å². The third-order valence-corrected chi connectivity index (χ3v) is 8.19. The second-order valence-corrected chi connectivity index (χ2v) is 8.92. The van der Waals surface area contributed by atoms with Crippen molar-refractivity contribution < 1.29 is 60.2 Å². The van der Waals surface area contributed by atoms with Gasteiger partial charge in [0.2, 0.25) is 5.91 Å². The number of carboxylic acid groups (broad SMARTS) is 1. The van der Waals surface area contributed by atoms with Crippen molar-refractivity contribution in [3.63, 3.8) is 0 Å². The van der Waals surface area contributed by atoms with Gasteiger partial charge in [0.25, 0.3) is 1.43 Å². The monoisotopic (exact) mass is 396 g/mol. The van der Waals surface area contributed by atoms with Gasteiger partial charge in [-0.05, 0) is 20.3 Å². The number of hydrogen-bond acceptors (Lipinski definition) is 7. The Kier molecular flexibility index (Phi) is 2.88. The van der Waals surface area contributed by atoms with Crippen molar-refractivity contribution in [2.24, 2.45) is 5.41 Å². The molecule has 3 heterocycles. The highest BCUT2D eigenvalue weighted by Crippen LogP contribution is 2.55. The lowest BCUT2D eigenvalue weighted by Crippen LogP contribution is -2.68. The van der Waals surface area contributed by atoms with E-state index in [1.54, 1.807) is 20.8 Å². The molecule has 2 saturated heterocycles. The fourth-order valence-electron chi connectivity index (χ4n) is 3.85. The molecule has 0 aromatic carbocycles. The zero-order valence-electron chi connectivity index (χ0n) is 14.0. The van der Waals surface area contributed by atoms with Crippen molar-refractivity contribution in [3.05, 3.63) is 12.4 Å². The first-order chi connectivity index (χ1) is 11.1. The van der Waals surface area contributed by atoms with E-state index in [2.05, 4.69) is 15.4 Å². The fraction of sp³-hybridized carbons (Fsp3) is 0.692. The Morgan fingerprint density at radius 1 is 1.57 bits per heavy atom. The second-order valence-electron chi connectivity index (χ2n) is 6.57. The molecular weight excluding hydrogens is 324 g/mol. The summed E-state index contributed by atoms with van der Waals surface area (Å²) in [6.45, 7) is 4.56.